The number of rotatable bonds is 7. The zero-order valence-electron chi connectivity index (χ0n) is 15.7. The molecular weight excluding hydrogens is 384 g/mol. The van der Waals surface area contributed by atoms with Crippen LogP contribution in [0.2, 0.25) is 0 Å². The first-order valence-electron chi connectivity index (χ1n) is 9.51. The van der Waals surface area contributed by atoms with E-state index in [4.69, 9.17) is 4.74 Å². The molecule has 1 heterocycles. The zero-order chi connectivity index (χ0) is 19.3. The van der Waals surface area contributed by atoms with Crippen LogP contribution in [-0.4, -0.2) is 62.6 Å². The number of ether oxygens (including phenoxy) is 1. The van der Waals surface area contributed by atoms with E-state index in [2.05, 4.69) is 4.72 Å². The Morgan fingerprint density at radius 3 is 2.78 bits per heavy atom. The van der Waals surface area contributed by atoms with Crippen LogP contribution < -0.4 is 4.72 Å². The number of morpholine rings is 1. The number of nitrogens with one attached hydrogen (secondary N) is 1. The summed E-state index contributed by atoms with van der Waals surface area (Å²) in [6.45, 7) is 1.05. The number of fused-ring (bicyclic) bond motifs is 1. The topological polar surface area (TPSA) is 75.7 Å². The van der Waals surface area contributed by atoms with Crippen LogP contribution in [0, 0.1) is 0 Å². The number of carbonyl (C=O) groups is 1. The number of carbonyl (C=O) groups excluding carboxylic acids is 1. The Balaban J connectivity index is 1.78. The molecule has 1 aromatic carbocycles. The van der Waals surface area contributed by atoms with Crippen LogP contribution in [0.4, 0.5) is 0 Å². The Bertz CT molecular complexity index is 724. The summed E-state index contributed by atoms with van der Waals surface area (Å²) in [6.07, 6.45) is 6.62. The number of thioether (sulfide) groups is 1. The standard InChI is InChI=1S/C19H28N2O4S2/c1-26-14-11-16(20-27(23,24)15-7-3-2-4-8-15)19(22)21-12-13-25-18-10-6-5-9-17(18)21/h2-4,7-8,16-18,20H,5-6,9-14H2,1H3. The number of sulfonamides is 1. The average Bonchev–Trinajstić information content (AvgIpc) is 2.70. The van der Waals surface area contributed by atoms with Crippen molar-refractivity contribution in [3.63, 3.8) is 0 Å². The van der Waals surface area contributed by atoms with Crippen LogP contribution >= 0.6 is 11.8 Å². The van der Waals surface area contributed by atoms with Gasteiger partial charge in [-0.25, -0.2) is 8.42 Å². The molecule has 2 aliphatic rings. The number of benzene rings is 1. The Labute approximate surface area is 166 Å². The molecule has 150 valence electrons. The summed E-state index contributed by atoms with van der Waals surface area (Å²) in [5.41, 5.74) is 0. The van der Waals surface area contributed by atoms with Crippen LogP contribution in [0.1, 0.15) is 32.1 Å². The second kappa shape index (κ2) is 9.41. The van der Waals surface area contributed by atoms with E-state index in [1.807, 2.05) is 11.2 Å². The first-order valence-corrected chi connectivity index (χ1v) is 12.4. The van der Waals surface area contributed by atoms with Gasteiger partial charge in [0.2, 0.25) is 15.9 Å². The summed E-state index contributed by atoms with van der Waals surface area (Å²) >= 11 is 1.61. The smallest absolute Gasteiger partial charge is 0.241 e. The lowest BCUT2D eigenvalue weighted by Gasteiger charge is -2.44. The Morgan fingerprint density at radius 1 is 1.30 bits per heavy atom. The maximum atomic E-state index is 13.3. The van der Waals surface area contributed by atoms with Crippen molar-refractivity contribution in [1.29, 1.82) is 0 Å². The highest BCUT2D eigenvalue weighted by molar-refractivity contribution is 7.98. The van der Waals surface area contributed by atoms with Crippen molar-refractivity contribution in [3.05, 3.63) is 30.3 Å². The van der Waals surface area contributed by atoms with Crippen molar-refractivity contribution in [2.24, 2.45) is 0 Å². The molecular formula is C19H28N2O4S2. The normalized spacial score (nSPS) is 24.3. The van der Waals surface area contributed by atoms with E-state index in [1.54, 1.807) is 42.1 Å². The molecule has 0 radical (unpaired) electrons. The first kappa shape index (κ1) is 20.6. The minimum atomic E-state index is -3.74. The highest BCUT2D eigenvalue weighted by atomic mass is 32.2. The monoisotopic (exact) mass is 412 g/mol. The van der Waals surface area contributed by atoms with Crippen molar-refractivity contribution in [2.75, 3.05) is 25.2 Å². The third kappa shape index (κ3) is 5.04. The third-order valence-corrected chi connectivity index (χ3v) is 7.41. The minimum Gasteiger partial charge on any atom is -0.374 e. The number of hydrogen-bond acceptors (Lipinski definition) is 5. The lowest BCUT2D eigenvalue weighted by atomic mass is 9.89. The molecule has 1 aliphatic heterocycles. The summed E-state index contributed by atoms with van der Waals surface area (Å²) in [5, 5.41) is 0. The molecule has 1 aliphatic carbocycles. The lowest BCUT2D eigenvalue weighted by molar-refractivity contribution is -0.151. The van der Waals surface area contributed by atoms with Gasteiger partial charge in [0.25, 0.3) is 0 Å². The summed E-state index contributed by atoms with van der Waals surface area (Å²) in [7, 11) is -3.74. The van der Waals surface area contributed by atoms with Crippen LogP contribution in [0.15, 0.2) is 35.2 Å². The Kier molecular flexibility index (Phi) is 7.19. The Hall–Kier alpha value is -1.09. The van der Waals surface area contributed by atoms with E-state index in [9.17, 15) is 13.2 Å². The molecule has 8 heteroatoms. The van der Waals surface area contributed by atoms with E-state index >= 15 is 0 Å². The fourth-order valence-corrected chi connectivity index (χ4v) is 5.61. The Morgan fingerprint density at radius 2 is 2.04 bits per heavy atom. The maximum Gasteiger partial charge on any atom is 0.241 e. The summed E-state index contributed by atoms with van der Waals surface area (Å²) in [5.74, 6) is 0.593. The molecule has 6 nitrogen and oxygen atoms in total. The molecule has 1 saturated carbocycles. The van der Waals surface area contributed by atoms with Crippen LogP contribution in [0.5, 0.6) is 0 Å². The number of amides is 1. The first-order chi connectivity index (χ1) is 13.0. The van der Waals surface area contributed by atoms with Crippen molar-refractivity contribution in [1.82, 2.24) is 9.62 Å². The predicted molar refractivity (Wildman–Crippen MR) is 107 cm³/mol. The summed E-state index contributed by atoms with van der Waals surface area (Å²) in [4.78, 5) is 15.4. The van der Waals surface area contributed by atoms with Gasteiger partial charge in [-0.05, 0) is 43.4 Å². The average molecular weight is 413 g/mol. The van der Waals surface area contributed by atoms with E-state index in [1.165, 1.54) is 0 Å². The van der Waals surface area contributed by atoms with E-state index < -0.39 is 16.1 Å². The van der Waals surface area contributed by atoms with Gasteiger partial charge >= 0.3 is 0 Å². The van der Waals surface area contributed by atoms with Crippen molar-refractivity contribution >= 4 is 27.7 Å². The van der Waals surface area contributed by atoms with Gasteiger partial charge in [0.15, 0.2) is 0 Å². The molecule has 3 atom stereocenters. The molecule has 0 spiro atoms. The largest absolute Gasteiger partial charge is 0.374 e. The van der Waals surface area contributed by atoms with Crippen LogP contribution in [-0.2, 0) is 19.6 Å². The molecule has 1 saturated heterocycles. The molecule has 1 N–H and O–H groups in total. The van der Waals surface area contributed by atoms with Crippen molar-refractivity contribution in [2.45, 2.75) is 55.2 Å². The van der Waals surface area contributed by atoms with Crippen LogP contribution in [0.3, 0.4) is 0 Å². The highest BCUT2D eigenvalue weighted by Gasteiger charge is 2.39. The third-order valence-electron chi connectivity index (χ3n) is 5.27. The van der Waals surface area contributed by atoms with Gasteiger partial charge in [-0.2, -0.15) is 16.5 Å². The molecule has 3 unspecified atom stereocenters. The van der Waals surface area contributed by atoms with Crippen molar-refractivity contribution < 1.29 is 17.9 Å². The molecule has 0 aromatic heterocycles. The zero-order valence-corrected chi connectivity index (χ0v) is 17.3. The number of nitrogens with zero attached hydrogens (tertiary/aromatic N) is 1. The van der Waals surface area contributed by atoms with Gasteiger partial charge in [-0.3, -0.25) is 4.79 Å². The molecule has 1 aromatic rings. The van der Waals surface area contributed by atoms with Crippen LogP contribution in [0.25, 0.3) is 0 Å². The quantitative estimate of drug-likeness (QED) is 0.743. The van der Waals surface area contributed by atoms with E-state index in [0.29, 0.717) is 25.3 Å². The van der Waals surface area contributed by atoms with E-state index in [0.717, 1.165) is 25.7 Å². The van der Waals surface area contributed by atoms with Gasteiger partial charge in [-0.1, -0.05) is 31.0 Å². The molecule has 3 rings (SSSR count). The fraction of sp³-hybridized carbons (Fsp3) is 0.632. The number of hydrogen-bond donors (Lipinski definition) is 1. The fourth-order valence-electron chi connectivity index (χ4n) is 3.89. The lowest BCUT2D eigenvalue weighted by Crippen LogP contribution is -2.59. The highest BCUT2D eigenvalue weighted by Crippen LogP contribution is 2.29. The second-order valence-electron chi connectivity index (χ2n) is 7.06. The predicted octanol–water partition coefficient (Wildman–Crippen LogP) is 2.26. The SMILES string of the molecule is CSCCC(NS(=O)(=O)c1ccccc1)C(=O)N1CCOC2CCCCC21. The van der Waals surface area contributed by atoms with Gasteiger partial charge in [0, 0.05) is 6.54 Å². The molecule has 2 fully saturated rings. The summed E-state index contributed by atoms with van der Waals surface area (Å²) < 4.78 is 34.0. The van der Waals surface area contributed by atoms with Gasteiger partial charge in [0.1, 0.15) is 6.04 Å². The van der Waals surface area contributed by atoms with Gasteiger partial charge in [0.05, 0.1) is 23.6 Å². The maximum absolute atomic E-state index is 13.3. The molecule has 0 bridgehead atoms. The molecule has 27 heavy (non-hydrogen) atoms. The van der Waals surface area contributed by atoms with Gasteiger partial charge < -0.3 is 9.64 Å². The second-order valence-corrected chi connectivity index (χ2v) is 9.76. The molecule has 1 amide bonds. The van der Waals surface area contributed by atoms with Crippen molar-refractivity contribution in [3.8, 4) is 0 Å². The minimum absolute atomic E-state index is 0.0676. The van der Waals surface area contributed by atoms with Gasteiger partial charge in [-0.15, -0.1) is 0 Å². The summed E-state index contributed by atoms with van der Waals surface area (Å²) in [6, 6.07) is 7.55. The van der Waals surface area contributed by atoms with E-state index in [-0.39, 0.29) is 22.9 Å².